The van der Waals surface area contributed by atoms with E-state index in [9.17, 15) is 0 Å². The van der Waals surface area contributed by atoms with Gasteiger partial charge in [0.1, 0.15) is 11.5 Å². The first-order chi connectivity index (χ1) is 13.7. The number of nitrogens with zero attached hydrogens (tertiary/aromatic N) is 2. The number of benzene rings is 1. The van der Waals surface area contributed by atoms with Crippen LogP contribution in [0.15, 0.2) is 46.0 Å². The second-order valence-electron chi connectivity index (χ2n) is 7.15. The Morgan fingerprint density at radius 1 is 1.25 bits per heavy atom. The molecule has 1 fully saturated rings. The highest BCUT2D eigenvalue weighted by Gasteiger charge is 2.25. The summed E-state index contributed by atoms with van der Waals surface area (Å²) in [5, 5.41) is 6.84. The van der Waals surface area contributed by atoms with Crippen LogP contribution in [0.1, 0.15) is 42.7 Å². The van der Waals surface area contributed by atoms with Crippen molar-refractivity contribution in [2.24, 2.45) is 4.99 Å². The van der Waals surface area contributed by atoms with E-state index in [1.165, 1.54) is 12.8 Å². The molecule has 1 aromatic carbocycles. The van der Waals surface area contributed by atoms with Crippen molar-refractivity contribution in [1.82, 2.24) is 15.5 Å². The lowest BCUT2D eigenvalue weighted by atomic mass is 10.1. The van der Waals surface area contributed by atoms with E-state index in [4.69, 9.17) is 14.1 Å². The Morgan fingerprint density at radius 3 is 2.75 bits per heavy atom. The van der Waals surface area contributed by atoms with E-state index in [0.29, 0.717) is 6.54 Å². The van der Waals surface area contributed by atoms with Crippen molar-refractivity contribution in [3.8, 4) is 5.75 Å². The molecule has 0 spiro atoms. The van der Waals surface area contributed by atoms with Crippen molar-refractivity contribution < 1.29 is 9.15 Å². The van der Waals surface area contributed by atoms with Crippen LogP contribution < -0.4 is 15.4 Å². The minimum Gasteiger partial charge on any atom is -0.496 e. The first-order valence-corrected chi connectivity index (χ1v) is 10.1. The van der Waals surface area contributed by atoms with Crippen LogP contribution in [-0.4, -0.2) is 44.1 Å². The lowest BCUT2D eigenvalue weighted by Gasteiger charge is -2.26. The van der Waals surface area contributed by atoms with Gasteiger partial charge in [-0.3, -0.25) is 4.90 Å². The molecule has 0 aliphatic carbocycles. The van der Waals surface area contributed by atoms with Gasteiger partial charge in [0.2, 0.25) is 0 Å². The number of nitrogens with one attached hydrogen (secondary N) is 2. The Hall–Kier alpha value is -2.47. The van der Waals surface area contributed by atoms with E-state index >= 15 is 0 Å². The van der Waals surface area contributed by atoms with Crippen molar-refractivity contribution in [2.45, 2.75) is 39.3 Å². The van der Waals surface area contributed by atoms with Gasteiger partial charge in [-0.1, -0.05) is 12.1 Å². The summed E-state index contributed by atoms with van der Waals surface area (Å²) in [7, 11) is 1.70. The van der Waals surface area contributed by atoms with Gasteiger partial charge in [-0.05, 0) is 69.1 Å². The third-order valence-corrected chi connectivity index (χ3v) is 5.15. The summed E-state index contributed by atoms with van der Waals surface area (Å²) in [5.41, 5.74) is 2.26. The van der Waals surface area contributed by atoms with Gasteiger partial charge in [-0.15, -0.1) is 0 Å². The molecule has 2 N–H and O–H groups in total. The molecule has 0 amide bonds. The van der Waals surface area contributed by atoms with Crippen molar-refractivity contribution in [2.75, 3.05) is 33.3 Å². The normalized spacial score (nSPS) is 16.2. The summed E-state index contributed by atoms with van der Waals surface area (Å²) in [6.07, 6.45) is 4.25. The van der Waals surface area contributed by atoms with Crippen LogP contribution in [-0.2, 0) is 6.54 Å². The molecule has 3 rings (SSSR count). The third kappa shape index (κ3) is 5.29. The number of furan rings is 1. The van der Waals surface area contributed by atoms with Gasteiger partial charge in [0.25, 0.3) is 0 Å². The number of ether oxygens (including phenoxy) is 1. The first-order valence-electron chi connectivity index (χ1n) is 10.1. The maximum absolute atomic E-state index is 5.71. The molecule has 1 saturated heterocycles. The number of hydrogen-bond acceptors (Lipinski definition) is 4. The number of aliphatic imine (C=N–C) groups is 1. The molecule has 1 aromatic heterocycles. The maximum atomic E-state index is 5.71. The van der Waals surface area contributed by atoms with Gasteiger partial charge in [-0.2, -0.15) is 0 Å². The molecule has 28 heavy (non-hydrogen) atoms. The highest BCUT2D eigenvalue weighted by Crippen LogP contribution is 2.25. The topological polar surface area (TPSA) is 62.0 Å². The second-order valence-corrected chi connectivity index (χ2v) is 7.15. The number of aryl methyl sites for hydroxylation is 1. The summed E-state index contributed by atoms with van der Waals surface area (Å²) in [6.45, 7) is 8.53. The summed E-state index contributed by atoms with van der Waals surface area (Å²) < 4.78 is 11.1. The largest absolute Gasteiger partial charge is 0.496 e. The third-order valence-electron chi connectivity index (χ3n) is 5.15. The Kier molecular flexibility index (Phi) is 7.37. The minimum atomic E-state index is 0.223. The number of rotatable bonds is 8. The van der Waals surface area contributed by atoms with E-state index in [2.05, 4.69) is 46.7 Å². The molecule has 0 saturated carbocycles. The SMILES string of the molecule is CCNC(=NCc1ccc(C)c(OC)c1)NCC(c1ccco1)N1CCCC1. The zero-order chi connectivity index (χ0) is 19.8. The van der Waals surface area contributed by atoms with Crippen LogP contribution in [0, 0.1) is 6.92 Å². The first kappa shape index (κ1) is 20.3. The van der Waals surface area contributed by atoms with Crippen molar-refractivity contribution in [3.63, 3.8) is 0 Å². The van der Waals surface area contributed by atoms with Crippen LogP contribution in [0.25, 0.3) is 0 Å². The molecule has 1 aliphatic heterocycles. The van der Waals surface area contributed by atoms with Crippen LogP contribution in [0.2, 0.25) is 0 Å². The number of likely N-dealkylation sites (tertiary alicyclic amines) is 1. The average Bonchev–Trinajstić information content (AvgIpc) is 3.42. The fourth-order valence-electron chi connectivity index (χ4n) is 3.61. The highest BCUT2D eigenvalue weighted by atomic mass is 16.5. The molecule has 0 radical (unpaired) electrons. The molecule has 6 heteroatoms. The molecule has 0 bridgehead atoms. The Bertz CT molecular complexity index is 752. The fraction of sp³-hybridized carbons (Fsp3) is 0.500. The number of methoxy groups -OCH3 is 1. The lowest BCUT2D eigenvalue weighted by molar-refractivity contribution is 0.215. The molecule has 1 unspecified atom stereocenters. The van der Waals surface area contributed by atoms with Crippen molar-refractivity contribution in [1.29, 1.82) is 0 Å². The van der Waals surface area contributed by atoms with Crippen LogP contribution in [0.4, 0.5) is 0 Å². The van der Waals surface area contributed by atoms with Gasteiger partial charge >= 0.3 is 0 Å². The molecule has 6 nitrogen and oxygen atoms in total. The van der Waals surface area contributed by atoms with Gasteiger partial charge < -0.3 is 19.8 Å². The monoisotopic (exact) mass is 384 g/mol. The smallest absolute Gasteiger partial charge is 0.191 e. The molecule has 2 aromatic rings. The van der Waals surface area contributed by atoms with E-state index in [0.717, 1.165) is 54.8 Å². The number of hydrogen-bond donors (Lipinski definition) is 2. The van der Waals surface area contributed by atoms with Gasteiger partial charge in [0.15, 0.2) is 5.96 Å². The van der Waals surface area contributed by atoms with Crippen molar-refractivity contribution in [3.05, 3.63) is 53.5 Å². The Balaban J connectivity index is 1.66. The molecule has 2 heterocycles. The average molecular weight is 385 g/mol. The second kappa shape index (κ2) is 10.2. The maximum Gasteiger partial charge on any atom is 0.191 e. The Labute approximate surface area is 168 Å². The zero-order valence-electron chi connectivity index (χ0n) is 17.2. The van der Waals surface area contributed by atoms with Crippen LogP contribution in [0.5, 0.6) is 5.75 Å². The molecular formula is C22H32N4O2. The van der Waals surface area contributed by atoms with Crippen molar-refractivity contribution >= 4 is 5.96 Å². The summed E-state index contributed by atoms with van der Waals surface area (Å²) in [6, 6.07) is 10.5. The predicted molar refractivity (Wildman–Crippen MR) is 113 cm³/mol. The Morgan fingerprint density at radius 2 is 2.07 bits per heavy atom. The molecule has 152 valence electrons. The molecule has 1 atom stereocenters. The standard InChI is InChI=1S/C22H32N4O2/c1-4-23-22(24-15-18-10-9-17(2)21(14-18)27-3)25-16-19(20-8-7-13-28-20)26-11-5-6-12-26/h7-10,13-14,19H,4-6,11-12,15-16H2,1-3H3,(H2,23,24,25). The van der Waals surface area contributed by atoms with Gasteiger partial charge in [-0.25, -0.2) is 4.99 Å². The zero-order valence-corrected chi connectivity index (χ0v) is 17.2. The number of guanidine groups is 1. The summed E-state index contributed by atoms with van der Waals surface area (Å²) in [4.78, 5) is 7.24. The lowest BCUT2D eigenvalue weighted by Crippen LogP contribution is -2.42. The van der Waals surface area contributed by atoms with Crippen LogP contribution in [0.3, 0.4) is 0 Å². The fourth-order valence-corrected chi connectivity index (χ4v) is 3.61. The molecule has 1 aliphatic rings. The quantitative estimate of drug-likeness (QED) is 0.539. The van der Waals surface area contributed by atoms with E-state index in [1.807, 2.05) is 13.0 Å². The van der Waals surface area contributed by atoms with E-state index < -0.39 is 0 Å². The van der Waals surface area contributed by atoms with Gasteiger partial charge in [0, 0.05) is 13.1 Å². The van der Waals surface area contributed by atoms with Gasteiger partial charge in [0.05, 0.1) is 26.0 Å². The summed E-state index contributed by atoms with van der Waals surface area (Å²) in [5.74, 6) is 2.73. The highest BCUT2D eigenvalue weighted by molar-refractivity contribution is 5.79. The van der Waals surface area contributed by atoms with Crippen LogP contribution >= 0.6 is 0 Å². The van der Waals surface area contributed by atoms with E-state index in [-0.39, 0.29) is 6.04 Å². The predicted octanol–water partition coefficient (Wildman–Crippen LogP) is 3.49. The minimum absolute atomic E-state index is 0.223. The summed E-state index contributed by atoms with van der Waals surface area (Å²) >= 11 is 0. The molecular weight excluding hydrogens is 352 g/mol. The van der Waals surface area contributed by atoms with E-state index in [1.54, 1.807) is 13.4 Å².